The van der Waals surface area contributed by atoms with Gasteiger partial charge in [0.05, 0.1) is 7.11 Å². The van der Waals surface area contributed by atoms with Crippen LogP contribution in [0.25, 0.3) is 0 Å². The van der Waals surface area contributed by atoms with E-state index in [-0.39, 0.29) is 0 Å². The van der Waals surface area contributed by atoms with Crippen molar-refractivity contribution in [3.05, 3.63) is 45.9 Å². The number of nitrogens with one attached hydrogen (secondary N) is 1. The van der Waals surface area contributed by atoms with Gasteiger partial charge in [-0.15, -0.1) is 11.3 Å². The second kappa shape index (κ2) is 6.68. The molecular weight excluding hydrogens is 256 g/mol. The number of rotatable bonds is 6. The first-order valence-electron chi connectivity index (χ1n) is 6.53. The van der Waals surface area contributed by atoms with Crippen LogP contribution >= 0.6 is 11.3 Å². The average Bonchev–Trinajstić information content (AvgIpc) is 2.93. The van der Waals surface area contributed by atoms with E-state index in [9.17, 15) is 0 Å². The first kappa shape index (κ1) is 14.0. The van der Waals surface area contributed by atoms with Crippen LogP contribution in [0.3, 0.4) is 0 Å². The largest absolute Gasteiger partial charge is 0.497 e. The topological polar surface area (TPSA) is 34.2 Å². The molecule has 0 spiro atoms. The minimum absolute atomic E-state index is 0.305. The summed E-state index contributed by atoms with van der Waals surface area (Å²) in [5.74, 6) is 0.892. The summed E-state index contributed by atoms with van der Waals surface area (Å²) in [7, 11) is 1.68. The third-order valence-corrected chi connectivity index (χ3v) is 4.27. The van der Waals surface area contributed by atoms with Gasteiger partial charge < -0.3 is 10.1 Å². The molecule has 1 unspecified atom stereocenters. The summed E-state index contributed by atoms with van der Waals surface area (Å²) in [6.07, 6.45) is 3.03. The summed E-state index contributed by atoms with van der Waals surface area (Å²) < 4.78 is 5.16. The Bertz CT molecular complexity index is 507. The van der Waals surface area contributed by atoms with Crippen molar-refractivity contribution in [2.75, 3.05) is 7.11 Å². The highest BCUT2D eigenvalue weighted by Crippen LogP contribution is 2.19. The standard InChI is InChI=1S/C15H20N2OS/c1-4-14-9-17-15(19-14)10-16-11(2)12-5-7-13(18-3)8-6-12/h5-9,11,16H,4,10H2,1-3H3. The molecule has 19 heavy (non-hydrogen) atoms. The van der Waals surface area contributed by atoms with Crippen molar-refractivity contribution >= 4 is 11.3 Å². The van der Waals surface area contributed by atoms with Crippen LogP contribution in [0, 0.1) is 0 Å². The lowest BCUT2D eigenvalue weighted by Gasteiger charge is -2.13. The van der Waals surface area contributed by atoms with Crippen molar-refractivity contribution in [3.63, 3.8) is 0 Å². The summed E-state index contributed by atoms with van der Waals surface area (Å²) in [6, 6.07) is 8.48. The van der Waals surface area contributed by atoms with Gasteiger partial charge in [-0.25, -0.2) is 4.98 Å². The highest BCUT2D eigenvalue weighted by atomic mass is 32.1. The van der Waals surface area contributed by atoms with Gasteiger partial charge in [0.1, 0.15) is 10.8 Å². The molecule has 1 atom stereocenters. The van der Waals surface area contributed by atoms with Gasteiger partial charge in [0.25, 0.3) is 0 Å². The molecule has 102 valence electrons. The normalized spacial score (nSPS) is 12.4. The number of hydrogen-bond donors (Lipinski definition) is 1. The summed E-state index contributed by atoms with van der Waals surface area (Å²) >= 11 is 1.78. The second-order valence-electron chi connectivity index (χ2n) is 4.45. The Morgan fingerprint density at radius 2 is 2.05 bits per heavy atom. The fraction of sp³-hybridized carbons (Fsp3) is 0.400. The smallest absolute Gasteiger partial charge is 0.118 e. The van der Waals surface area contributed by atoms with E-state index in [0.29, 0.717) is 6.04 Å². The number of methoxy groups -OCH3 is 1. The van der Waals surface area contributed by atoms with E-state index in [1.165, 1.54) is 10.4 Å². The predicted octanol–water partition coefficient (Wildman–Crippen LogP) is 3.56. The van der Waals surface area contributed by atoms with E-state index in [4.69, 9.17) is 4.74 Å². The first-order chi connectivity index (χ1) is 9.22. The van der Waals surface area contributed by atoms with E-state index >= 15 is 0 Å². The number of benzene rings is 1. The fourth-order valence-corrected chi connectivity index (χ4v) is 2.66. The highest BCUT2D eigenvalue weighted by molar-refractivity contribution is 7.11. The number of thiazole rings is 1. The van der Waals surface area contributed by atoms with E-state index in [1.807, 2.05) is 18.3 Å². The lowest BCUT2D eigenvalue weighted by molar-refractivity contribution is 0.414. The monoisotopic (exact) mass is 276 g/mol. The van der Waals surface area contributed by atoms with E-state index in [2.05, 4.69) is 36.3 Å². The molecule has 1 aromatic heterocycles. The summed E-state index contributed by atoms with van der Waals surface area (Å²) in [6.45, 7) is 5.14. The Balaban J connectivity index is 1.90. The van der Waals surface area contributed by atoms with Crippen LogP contribution in [0.1, 0.15) is 35.3 Å². The zero-order valence-corrected chi connectivity index (χ0v) is 12.5. The summed E-state index contributed by atoms with van der Waals surface area (Å²) in [5.41, 5.74) is 1.26. The third kappa shape index (κ3) is 3.78. The van der Waals surface area contributed by atoms with E-state index < -0.39 is 0 Å². The number of ether oxygens (including phenoxy) is 1. The van der Waals surface area contributed by atoms with Gasteiger partial charge in [0.15, 0.2) is 0 Å². The van der Waals surface area contributed by atoms with Crippen molar-refractivity contribution < 1.29 is 4.74 Å². The van der Waals surface area contributed by atoms with Gasteiger partial charge >= 0.3 is 0 Å². The van der Waals surface area contributed by atoms with Gasteiger partial charge in [-0.2, -0.15) is 0 Å². The highest BCUT2D eigenvalue weighted by Gasteiger charge is 2.06. The molecule has 1 heterocycles. The molecule has 0 radical (unpaired) electrons. The molecule has 2 rings (SSSR count). The van der Waals surface area contributed by atoms with E-state index in [1.54, 1.807) is 18.4 Å². The fourth-order valence-electron chi connectivity index (χ4n) is 1.84. The number of aryl methyl sites for hydroxylation is 1. The van der Waals surface area contributed by atoms with Crippen molar-refractivity contribution in [1.82, 2.24) is 10.3 Å². The van der Waals surface area contributed by atoms with Crippen LogP contribution < -0.4 is 10.1 Å². The molecule has 1 aromatic carbocycles. The van der Waals surface area contributed by atoms with Gasteiger partial charge in [0.2, 0.25) is 0 Å². The second-order valence-corrected chi connectivity index (χ2v) is 5.65. The molecule has 3 nitrogen and oxygen atoms in total. The van der Waals surface area contributed by atoms with Crippen LogP contribution in [-0.4, -0.2) is 12.1 Å². The van der Waals surface area contributed by atoms with Gasteiger partial charge in [-0.1, -0.05) is 19.1 Å². The molecule has 0 saturated heterocycles. The molecule has 0 saturated carbocycles. The molecule has 0 amide bonds. The molecule has 0 aliphatic heterocycles. The van der Waals surface area contributed by atoms with Gasteiger partial charge in [0, 0.05) is 23.7 Å². The van der Waals surface area contributed by atoms with E-state index in [0.717, 1.165) is 23.7 Å². The predicted molar refractivity (Wildman–Crippen MR) is 79.7 cm³/mol. The maximum Gasteiger partial charge on any atom is 0.118 e. The average molecular weight is 276 g/mol. The minimum Gasteiger partial charge on any atom is -0.497 e. The lowest BCUT2D eigenvalue weighted by atomic mass is 10.1. The Labute approximate surface area is 118 Å². The zero-order valence-electron chi connectivity index (χ0n) is 11.6. The molecule has 0 fully saturated rings. The molecule has 1 N–H and O–H groups in total. The molecular formula is C15H20N2OS. The lowest BCUT2D eigenvalue weighted by Crippen LogP contribution is -2.17. The van der Waals surface area contributed by atoms with Crippen molar-refractivity contribution in [1.29, 1.82) is 0 Å². The maximum absolute atomic E-state index is 5.16. The molecule has 4 heteroatoms. The SMILES string of the molecule is CCc1cnc(CNC(C)c2ccc(OC)cc2)s1. The minimum atomic E-state index is 0.305. The number of aromatic nitrogens is 1. The summed E-state index contributed by atoms with van der Waals surface area (Å²) in [4.78, 5) is 5.76. The van der Waals surface area contributed by atoms with Crippen LogP contribution in [0.15, 0.2) is 30.5 Å². The molecule has 0 aliphatic carbocycles. The van der Waals surface area contributed by atoms with Crippen molar-refractivity contribution in [2.45, 2.75) is 32.9 Å². The van der Waals surface area contributed by atoms with Crippen LogP contribution in [0.4, 0.5) is 0 Å². The molecule has 0 aliphatic rings. The van der Waals surface area contributed by atoms with Crippen LogP contribution in [-0.2, 0) is 13.0 Å². The quantitative estimate of drug-likeness (QED) is 0.876. The Morgan fingerprint density at radius 3 is 2.63 bits per heavy atom. The zero-order chi connectivity index (χ0) is 13.7. The Kier molecular flexibility index (Phi) is 4.93. The van der Waals surface area contributed by atoms with Crippen molar-refractivity contribution in [3.8, 4) is 5.75 Å². The summed E-state index contributed by atoms with van der Waals surface area (Å²) in [5, 5.41) is 4.65. The Hall–Kier alpha value is -1.39. The van der Waals surface area contributed by atoms with Crippen LogP contribution in [0.5, 0.6) is 5.75 Å². The Morgan fingerprint density at radius 1 is 1.32 bits per heavy atom. The number of hydrogen-bond acceptors (Lipinski definition) is 4. The van der Waals surface area contributed by atoms with Crippen LogP contribution in [0.2, 0.25) is 0 Å². The first-order valence-corrected chi connectivity index (χ1v) is 7.35. The third-order valence-electron chi connectivity index (χ3n) is 3.13. The number of nitrogens with zero attached hydrogens (tertiary/aromatic N) is 1. The molecule has 2 aromatic rings. The molecule has 0 bridgehead atoms. The van der Waals surface area contributed by atoms with Gasteiger partial charge in [-0.3, -0.25) is 0 Å². The maximum atomic E-state index is 5.16. The van der Waals surface area contributed by atoms with Gasteiger partial charge in [-0.05, 0) is 31.0 Å². The van der Waals surface area contributed by atoms with Crippen molar-refractivity contribution in [2.24, 2.45) is 0 Å².